The molecule has 3 aromatic rings. The normalized spacial score (nSPS) is 11.9. The number of rotatable bonds is 4. The largest absolute Gasteiger partial charge is 0.508 e. The van der Waals surface area contributed by atoms with Crippen molar-refractivity contribution in [2.24, 2.45) is 0 Å². The lowest BCUT2D eigenvalue weighted by molar-refractivity contribution is 0.0935. The second kappa shape index (κ2) is 6.37. The van der Waals surface area contributed by atoms with E-state index in [9.17, 15) is 15.0 Å². The zero-order valence-electron chi connectivity index (χ0n) is 12.8. The Bertz CT molecular complexity index is 863. The van der Waals surface area contributed by atoms with Crippen molar-refractivity contribution in [2.75, 3.05) is 0 Å². The van der Waals surface area contributed by atoms with E-state index in [1.54, 1.807) is 31.5 Å². The van der Waals surface area contributed by atoms with E-state index in [0.717, 1.165) is 11.6 Å². The first kappa shape index (κ1) is 15.5. The number of nitrogens with zero attached hydrogens (tertiary/aromatic N) is 3. The van der Waals surface area contributed by atoms with Crippen molar-refractivity contribution in [3.8, 4) is 22.9 Å². The van der Waals surface area contributed by atoms with Crippen molar-refractivity contribution in [3.05, 3.63) is 54.1 Å². The molecule has 0 aliphatic heterocycles. The number of carbonyl (C=O) groups is 1. The van der Waals surface area contributed by atoms with Crippen molar-refractivity contribution in [3.63, 3.8) is 0 Å². The van der Waals surface area contributed by atoms with E-state index in [2.05, 4.69) is 25.5 Å². The highest BCUT2D eigenvalue weighted by atomic mass is 16.3. The van der Waals surface area contributed by atoms with E-state index >= 15 is 0 Å². The highest BCUT2D eigenvalue weighted by Crippen LogP contribution is 2.23. The average molecular weight is 325 g/mol. The molecule has 1 unspecified atom stereocenters. The molecule has 2 aromatic heterocycles. The van der Waals surface area contributed by atoms with E-state index in [0.29, 0.717) is 11.6 Å². The molecule has 8 heteroatoms. The Kier molecular flexibility index (Phi) is 4.11. The Labute approximate surface area is 137 Å². The number of aromatic amines is 1. The van der Waals surface area contributed by atoms with E-state index in [4.69, 9.17) is 0 Å². The van der Waals surface area contributed by atoms with Crippen LogP contribution >= 0.6 is 0 Å². The summed E-state index contributed by atoms with van der Waals surface area (Å²) in [5, 5.41) is 28.6. The van der Waals surface area contributed by atoms with Gasteiger partial charge in [0, 0.05) is 24.0 Å². The number of phenols is 2. The molecule has 0 aliphatic carbocycles. The number of H-pyrrole nitrogens is 1. The van der Waals surface area contributed by atoms with Crippen LogP contribution in [0.3, 0.4) is 0 Å². The van der Waals surface area contributed by atoms with Gasteiger partial charge in [0.05, 0.1) is 11.6 Å². The van der Waals surface area contributed by atoms with Crippen LogP contribution in [-0.2, 0) is 0 Å². The van der Waals surface area contributed by atoms with Crippen LogP contribution in [0.25, 0.3) is 11.4 Å². The van der Waals surface area contributed by atoms with E-state index < -0.39 is 11.9 Å². The third kappa shape index (κ3) is 3.17. The minimum Gasteiger partial charge on any atom is -0.508 e. The molecule has 24 heavy (non-hydrogen) atoms. The quantitative estimate of drug-likeness (QED) is 0.579. The van der Waals surface area contributed by atoms with Gasteiger partial charge in [-0.1, -0.05) is 0 Å². The summed E-state index contributed by atoms with van der Waals surface area (Å²) in [6, 6.07) is 6.89. The first-order valence-corrected chi connectivity index (χ1v) is 7.20. The maximum atomic E-state index is 12.2. The van der Waals surface area contributed by atoms with E-state index in [1.165, 1.54) is 12.1 Å². The van der Waals surface area contributed by atoms with Crippen molar-refractivity contribution in [1.82, 2.24) is 25.5 Å². The highest BCUT2D eigenvalue weighted by molar-refractivity contribution is 5.97. The van der Waals surface area contributed by atoms with Gasteiger partial charge >= 0.3 is 0 Å². The number of aromatic hydroxyl groups is 2. The van der Waals surface area contributed by atoms with Gasteiger partial charge in [0.1, 0.15) is 17.3 Å². The van der Waals surface area contributed by atoms with Crippen LogP contribution in [0.1, 0.15) is 29.1 Å². The minimum atomic E-state index is -0.484. The Morgan fingerprint density at radius 2 is 1.96 bits per heavy atom. The molecule has 0 aliphatic rings. The second-order valence-electron chi connectivity index (χ2n) is 5.18. The van der Waals surface area contributed by atoms with Gasteiger partial charge in [0.2, 0.25) is 0 Å². The SMILES string of the molecule is CC(NC(=O)c1ccc(O)cc1O)c1nc(-c2ccncc2)n[nH]1. The van der Waals surface area contributed by atoms with Crippen molar-refractivity contribution in [2.45, 2.75) is 13.0 Å². The van der Waals surface area contributed by atoms with E-state index in [-0.39, 0.29) is 17.1 Å². The predicted molar refractivity (Wildman–Crippen MR) is 85.3 cm³/mol. The number of benzene rings is 1. The fraction of sp³-hybridized carbons (Fsp3) is 0.125. The van der Waals surface area contributed by atoms with Crippen LogP contribution in [0.2, 0.25) is 0 Å². The van der Waals surface area contributed by atoms with Crippen LogP contribution < -0.4 is 5.32 Å². The number of nitrogens with one attached hydrogen (secondary N) is 2. The molecule has 0 spiro atoms. The van der Waals surface area contributed by atoms with Crippen molar-refractivity contribution < 1.29 is 15.0 Å². The molecule has 0 radical (unpaired) electrons. The van der Waals surface area contributed by atoms with Gasteiger partial charge in [-0.25, -0.2) is 4.98 Å². The monoisotopic (exact) mass is 325 g/mol. The molecule has 1 amide bonds. The molecule has 1 aromatic carbocycles. The Hall–Kier alpha value is -3.42. The Morgan fingerprint density at radius 1 is 1.21 bits per heavy atom. The standard InChI is InChI=1S/C16H15N5O3/c1-9(18-16(24)12-3-2-11(22)8-13(12)23)14-19-15(21-20-14)10-4-6-17-7-5-10/h2-9,22-23H,1H3,(H,18,24)(H,19,20,21). The summed E-state index contributed by atoms with van der Waals surface area (Å²) in [6.07, 6.45) is 3.29. The lowest BCUT2D eigenvalue weighted by atomic mass is 10.1. The van der Waals surface area contributed by atoms with Gasteiger partial charge in [0.25, 0.3) is 5.91 Å². The summed E-state index contributed by atoms with van der Waals surface area (Å²) in [4.78, 5) is 20.5. The molecule has 3 rings (SSSR count). The number of amides is 1. The number of aromatic nitrogens is 4. The third-order valence-corrected chi connectivity index (χ3v) is 3.42. The molecule has 1 atom stereocenters. The van der Waals surface area contributed by atoms with Crippen molar-refractivity contribution >= 4 is 5.91 Å². The summed E-state index contributed by atoms with van der Waals surface area (Å²) in [5.74, 6) is 0.0836. The molecule has 8 nitrogen and oxygen atoms in total. The summed E-state index contributed by atoms with van der Waals surface area (Å²) < 4.78 is 0. The van der Waals surface area contributed by atoms with Crippen LogP contribution in [0.4, 0.5) is 0 Å². The molecule has 0 bridgehead atoms. The van der Waals surface area contributed by atoms with Gasteiger partial charge < -0.3 is 15.5 Å². The zero-order valence-corrected chi connectivity index (χ0v) is 12.8. The molecule has 4 N–H and O–H groups in total. The topological polar surface area (TPSA) is 124 Å². The summed E-state index contributed by atoms with van der Waals surface area (Å²) in [6.45, 7) is 1.74. The number of pyridine rings is 1. The van der Waals surface area contributed by atoms with Gasteiger partial charge in [-0.2, -0.15) is 5.10 Å². The van der Waals surface area contributed by atoms with Gasteiger partial charge in [-0.3, -0.25) is 14.9 Å². The summed E-state index contributed by atoms with van der Waals surface area (Å²) >= 11 is 0. The number of phenolic OH excluding ortho intramolecular Hbond substituents is 2. The first-order valence-electron chi connectivity index (χ1n) is 7.20. The van der Waals surface area contributed by atoms with Gasteiger partial charge in [-0.15, -0.1) is 0 Å². The number of hydrogen-bond acceptors (Lipinski definition) is 6. The van der Waals surface area contributed by atoms with Crippen molar-refractivity contribution in [1.29, 1.82) is 0 Å². The maximum absolute atomic E-state index is 12.2. The van der Waals surface area contributed by atoms with E-state index in [1.807, 2.05) is 0 Å². The fourth-order valence-corrected chi connectivity index (χ4v) is 2.15. The lowest BCUT2D eigenvalue weighted by Gasteiger charge is -2.12. The molecule has 0 fully saturated rings. The number of carbonyl (C=O) groups excluding carboxylic acids is 1. The average Bonchev–Trinajstić information content (AvgIpc) is 3.05. The predicted octanol–water partition coefficient (Wildman–Crippen LogP) is 1.77. The minimum absolute atomic E-state index is 0.0634. The second-order valence-corrected chi connectivity index (χ2v) is 5.18. The molecule has 122 valence electrons. The molecular formula is C16H15N5O3. The Balaban J connectivity index is 1.74. The Morgan fingerprint density at radius 3 is 2.67 bits per heavy atom. The molecule has 0 saturated carbocycles. The fourth-order valence-electron chi connectivity index (χ4n) is 2.15. The summed E-state index contributed by atoms with van der Waals surface area (Å²) in [7, 11) is 0. The highest BCUT2D eigenvalue weighted by Gasteiger charge is 2.18. The third-order valence-electron chi connectivity index (χ3n) is 3.42. The van der Waals surface area contributed by atoms with Gasteiger partial charge in [-0.05, 0) is 31.2 Å². The number of hydrogen-bond donors (Lipinski definition) is 4. The van der Waals surface area contributed by atoms with Gasteiger partial charge in [0.15, 0.2) is 5.82 Å². The summed E-state index contributed by atoms with van der Waals surface area (Å²) in [5.41, 5.74) is 0.871. The molecule has 0 saturated heterocycles. The lowest BCUT2D eigenvalue weighted by Crippen LogP contribution is -2.27. The van der Waals surface area contributed by atoms with Crippen LogP contribution in [0, 0.1) is 0 Å². The molecular weight excluding hydrogens is 310 g/mol. The molecule has 2 heterocycles. The smallest absolute Gasteiger partial charge is 0.255 e. The van der Waals surface area contributed by atoms with Crippen LogP contribution in [-0.4, -0.2) is 36.3 Å². The zero-order chi connectivity index (χ0) is 17.1. The first-order chi connectivity index (χ1) is 11.5. The maximum Gasteiger partial charge on any atom is 0.255 e. The van der Waals surface area contributed by atoms with Crippen LogP contribution in [0.5, 0.6) is 11.5 Å². The van der Waals surface area contributed by atoms with Crippen LogP contribution in [0.15, 0.2) is 42.7 Å².